The number of nitrogens with one attached hydrogen (secondary N) is 2. The highest BCUT2D eigenvalue weighted by molar-refractivity contribution is 5.89. The quantitative estimate of drug-likeness (QED) is 0.527. The van der Waals surface area contributed by atoms with Gasteiger partial charge in [-0.25, -0.2) is 4.79 Å². The number of aromatic nitrogens is 2. The van der Waals surface area contributed by atoms with Gasteiger partial charge in [0.2, 0.25) is 0 Å². The van der Waals surface area contributed by atoms with Gasteiger partial charge in [0, 0.05) is 24.0 Å². The zero-order valence-electron chi connectivity index (χ0n) is 15.5. The maximum absolute atomic E-state index is 12.1. The van der Waals surface area contributed by atoms with Crippen molar-refractivity contribution in [1.29, 1.82) is 0 Å². The van der Waals surface area contributed by atoms with Crippen molar-refractivity contribution in [3.8, 4) is 0 Å². The Hall–Kier alpha value is -3.60. The van der Waals surface area contributed by atoms with Crippen molar-refractivity contribution in [2.45, 2.75) is 13.0 Å². The molecule has 2 N–H and O–H groups in total. The summed E-state index contributed by atoms with van der Waals surface area (Å²) in [4.78, 5) is 12.1. The third kappa shape index (κ3) is 4.20. The van der Waals surface area contributed by atoms with Gasteiger partial charge in [0.1, 0.15) is 0 Å². The molecule has 28 heavy (non-hydrogen) atoms. The first-order chi connectivity index (χ1) is 13.8. The molecule has 5 nitrogen and oxygen atoms in total. The molecule has 3 aromatic carbocycles. The fourth-order valence-corrected chi connectivity index (χ4v) is 3.25. The molecule has 5 heteroatoms. The molecule has 0 spiro atoms. The highest BCUT2D eigenvalue weighted by Gasteiger charge is 2.11. The zero-order valence-corrected chi connectivity index (χ0v) is 15.5. The number of para-hydroxylation sites is 2. The van der Waals surface area contributed by atoms with Crippen LogP contribution in [0.3, 0.4) is 0 Å². The molecule has 4 aromatic rings. The number of carbonyl (C=O) groups excluding carboxylic acids is 1. The molecule has 0 saturated carbocycles. The van der Waals surface area contributed by atoms with Crippen LogP contribution in [0.1, 0.15) is 11.3 Å². The van der Waals surface area contributed by atoms with Crippen molar-refractivity contribution in [2.24, 2.45) is 0 Å². The van der Waals surface area contributed by atoms with Gasteiger partial charge in [0.15, 0.2) is 0 Å². The summed E-state index contributed by atoms with van der Waals surface area (Å²) < 4.78 is 2.03. The van der Waals surface area contributed by atoms with E-state index in [2.05, 4.69) is 34.9 Å². The Morgan fingerprint density at radius 1 is 0.857 bits per heavy atom. The molecule has 0 aliphatic rings. The molecule has 1 aromatic heterocycles. The molecule has 0 aliphatic heterocycles. The lowest BCUT2D eigenvalue weighted by atomic mass is 10.1. The van der Waals surface area contributed by atoms with Gasteiger partial charge in [0.25, 0.3) is 0 Å². The van der Waals surface area contributed by atoms with Gasteiger partial charge in [-0.3, -0.25) is 4.68 Å². The van der Waals surface area contributed by atoms with Crippen molar-refractivity contribution >= 4 is 22.6 Å². The average molecular weight is 370 g/mol. The van der Waals surface area contributed by atoms with Gasteiger partial charge in [-0.05, 0) is 23.8 Å². The highest BCUT2D eigenvalue weighted by atomic mass is 16.2. The second-order valence-corrected chi connectivity index (χ2v) is 6.60. The van der Waals surface area contributed by atoms with Gasteiger partial charge >= 0.3 is 6.03 Å². The monoisotopic (exact) mass is 370 g/mol. The van der Waals surface area contributed by atoms with Gasteiger partial charge in [0.05, 0.1) is 17.8 Å². The summed E-state index contributed by atoms with van der Waals surface area (Å²) in [7, 11) is 0. The van der Waals surface area contributed by atoms with E-state index in [-0.39, 0.29) is 6.03 Å². The van der Waals surface area contributed by atoms with Crippen LogP contribution in [0.2, 0.25) is 0 Å². The van der Waals surface area contributed by atoms with Crippen LogP contribution in [0.15, 0.2) is 84.9 Å². The van der Waals surface area contributed by atoms with E-state index in [4.69, 9.17) is 5.10 Å². The van der Waals surface area contributed by atoms with Crippen LogP contribution in [0.5, 0.6) is 0 Å². The predicted molar refractivity (Wildman–Crippen MR) is 112 cm³/mol. The lowest BCUT2D eigenvalue weighted by molar-refractivity contribution is 0.252. The molecular weight excluding hydrogens is 348 g/mol. The number of hydrogen-bond donors (Lipinski definition) is 2. The largest absolute Gasteiger partial charge is 0.337 e. The van der Waals surface area contributed by atoms with Crippen LogP contribution < -0.4 is 10.6 Å². The Balaban J connectivity index is 1.43. The fraction of sp³-hybridized carbons (Fsp3) is 0.130. The number of amides is 2. The lowest BCUT2D eigenvalue weighted by Crippen LogP contribution is -2.30. The summed E-state index contributed by atoms with van der Waals surface area (Å²) in [5, 5.41) is 11.7. The van der Waals surface area contributed by atoms with E-state index in [0.29, 0.717) is 13.0 Å². The maximum Gasteiger partial charge on any atom is 0.319 e. The first-order valence-corrected chi connectivity index (χ1v) is 9.38. The van der Waals surface area contributed by atoms with E-state index in [1.807, 2.05) is 65.3 Å². The average Bonchev–Trinajstić information content (AvgIpc) is 3.07. The van der Waals surface area contributed by atoms with Gasteiger partial charge in [-0.1, -0.05) is 66.7 Å². The van der Waals surface area contributed by atoms with Crippen LogP contribution in [-0.4, -0.2) is 22.4 Å². The number of benzene rings is 3. The normalized spacial score (nSPS) is 10.7. The van der Waals surface area contributed by atoms with Crippen LogP contribution >= 0.6 is 0 Å². The molecule has 0 radical (unpaired) electrons. The van der Waals surface area contributed by atoms with Crippen LogP contribution in [0.4, 0.5) is 10.5 Å². The molecule has 1 heterocycles. The number of anilines is 1. The first-order valence-electron chi connectivity index (χ1n) is 9.38. The van der Waals surface area contributed by atoms with E-state index >= 15 is 0 Å². The molecule has 4 rings (SSSR count). The molecule has 0 atom stereocenters. The van der Waals surface area contributed by atoms with Gasteiger partial charge in [-0.2, -0.15) is 5.10 Å². The third-order valence-corrected chi connectivity index (χ3v) is 4.59. The third-order valence-electron chi connectivity index (χ3n) is 4.59. The number of urea groups is 1. The molecule has 140 valence electrons. The minimum atomic E-state index is -0.209. The molecular formula is C23H22N4O. The fourth-order valence-electron chi connectivity index (χ4n) is 3.25. The summed E-state index contributed by atoms with van der Waals surface area (Å²) in [6, 6.07) is 27.7. The molecule has 0 bridgehead atoms. The van der Waals surface area contributed by atoms with E-state index in [9.17, 15) is 4.79 Å². The predicted octanol–water partition coefficient (Wildman–Crippen LogP) is 4.45. The molecule has 0 saturated heterocycles. The highest BCUT2D eigenvalue weighted by Crippen LogP contribution is 2.20. The standard InChI is InChI=1S/C23H22N4O/c28-23(25-19-11-5-2-6-12-19)24-16-15-21-20-13-7-8-14-22(20)27(26-21)17-18-9-3-1-4-10-18/h1-14H,15-17H2,(H2,24,25,28). The SMILES string of the molecule is O=C(NCCc1nn(Cc2ccccc2)c2ccccc12)Nc1ccccc1. The lowest BCUT2D eigenvalue weighted by Gasteiger charge is -2.06. The molecule has 0 fully saturated rings. The number of nitrogens with zero attached hydrogens (tertiary/aromatic N) is 2. The number of hydrogen-bond acceptors (Lipinski definition) is 2. The van der Waals surface area contributed by atoms with Crippen LogP contribution in [0, 0.1) is 0 Å². The maximum atomic E-state index is 12.1. The number of carbonyl (C=O) groups is 1. The smallest absolute Gasteiger partial charge is 0.319 e. The minimum Gasteiger partial charge on any atom is -0.337 e. The Labute approximate surface area is 164 Å². The Morgan fingerprint density at radius 3 is 2.32 bits per heavy atom. The van der Waals surface area contributed by atoms with Crippen LogP contribution in [-0.2, 0) is 13.0 Å². The van der Waals surface area contributed by atoms with Crippen molar-refractivity contribution in [3.05, 3.63) is 96.2 Å². The summed E-state index contributed by atoms with van der Waals surface area (Å²) in [5.41, 5.74) is 4.09. The van der Waals surface area contributed by atoms with Gasteiger partial charge in [-0.15, -0.1) is 0 Å². The van der Waals surface area contributed by atoms with Gasteiger partial charge < -0.3 is 10.6 Å². The van der Waals surface area contributed by atoms with Crippen molar-refractivity contribution in [3.63, 3.8) is 0 Å². The zero-order chi connectivity index (χ0) is 19.2. The van der Waals surface area contributed by atoms with E-state index < -0.39 is 0 Å². The summed E-state index contributed by atoms with van der Waals surface area (Å²) in [6.45, 7) is 1.24. The minimum absolute atomic E-state index is 0.209. The van der Waals surface area contributed by atoms with E-state index in [1.54, 1.807) is 0 Å². The second-order valence-electron chi connectivity index (χ2n) is 6.60. The molecule has 0 unspecified atom stereocenters. The number of rotatable bonds is 6. The Morgan fingerprint density at radius 2 is 1.54 bits per heavy atom. The van der Waals surface area contributed by atoms with E-state index in [0.717, 1.165) is 28.8 Å². The first kappa shape index (κ1) is 17.8. The van der Waals surface area contributed by atoms with Crippen molar-refractivity contribution in [1.82, 2.24) is 15.1 Å². The topological polar surface area (TPSA) is 59.0 Å². The Kier molecular flexibility index (Phi) is 5.33. The summed E-state index contributed by atoms with van der Waals surface area (Å²) in [5.74, 6) is 0. The van der Waals surface area contributed by atoms with Crippen molar-refractivity contribution < 1.29 is 4.79 Å². The van der Waals surface area contributed by atoms with Crippen LogP contribution in [0.25, 0.3) is 10.9 Å². The molecule has 0 aliphatic carbocycles. The van der Waals surface area contributed by atoms with E-state index in [1.165, 1.54) is 5.56 Å². The molecule has 2 amide bonds. The number of fused-ring (bicyclic) bond motifs is 1. The van der Waals surface area contributed by atoms with Crippen molar-refractivity contribution in [2.75, 3.05) is 11.9 Å². The summed E-state index contributed by atoms with van der Waals surface area (Å²) >= 11 is 0. The second kappa shape index (κ2) is 8.39. The Bertz CT molecular complexity index is 1060. The summed E-state index contributed by atoms with van der Waals surface area (Å²) in [6.07, 6.45) is 0.671.